The van der Waals surface area contributed by atoms with E-state index in [0.29, 0.717) is 0 Å². The summed E-state index contributed by atoms with van der Waals surface area (Å²) in [6.07, 6.45) is 2.99. The predicted octanol–water partition coefficient (Wildman–Crippen LogP) is 4.40. The van der Waals surface area contributed by atoms with Gasteiger partial charge in [0, 0.05) is 0 Å². The van der Waals surface area contributed by atoms with Crippen LogP contribution in [0.1, 0.15) is 25.3 Å². The van der Waals surface area contributed by atoms with Crippen LogP contribution in [0, 0.1) is 6.92 Å². The summed E-state index contributed by atoms with van der Waals surface area (Å²) in [5, 5.41) is 2.57. The molecule has 0 bridgehead atoms. The molecule has 2 rings (SSSR count). The molecule has 0 saturated carbocycles. The minimum atomic E-state index is 0.781. The highest BCUT2D eigenvalue weighted by Crippen LogP contribution is 2.25. The van der Waals surface area contributed by atoms with Crippen LogP contribution in [-0.2, 0) is 6.42 Å². The third kappa shape index (κ3) is 2.79. The Bertz CT molecular complexity index is 488. The Kier molecular flexibility index (Phi) is 4.03. The number of benzene rings is 2. The molecule has 0 aromatic heterocycles. The Morgan fingerprint density at radius 1 is 1.18 bits per heavy atom. The molecule has 0 aliphatic carbocycles. The van der Waals surface area contributed by atoms with Crippen molar-refractivity contribution in [1.29, 1.82) is 0 Å². The smallest absolute Gasteiger partial charge is 0.119 e. The van der Waals surface area contributed by atoms with E-state index in [1.165, 1.54) is 16.3 Å². The van der Waals surface area contributed by atoms with Crippen LogP contribution in [0.15, 0.2) is 36.4 Å². The number of ether oxygens (including phenoxy) is 1. The maximum atomic E-state index is 5.68. The number of hydrogen-bond acceptors (Lipinski definition) is 1. The van der Waals surface area contributed by atoms with Crippen molar-refractivity contribution in [3.8, 4) is 5.75 Å². The second-order valence-electron chi connectivity index (χ2n) is 4.25. The van der Waals surface area contributed by atoms with Gasteiger partial charge in [-0.05, 0) is 47.7 Å². The van der Waals surface area contributed by atoms with E-state index < -0.39 is 0 Å². The Morgan fingerprint density at radius 2 is 2.06 bits per heavy atom. The lowest BCUT2D eigenvalue weighted by molar-refractivity contribution is 0.318. The van der Waals surface area contributed by atoms with Crippen molar-refractivity contribution in [2.45, 2.75) is 26.2 Å². The summed E-state index contributed by atoms with van der Waals surface area (Å²) in [5.41, 5.74) is 1.36. The number of hydrogen-bond donors (Lipinski definition) is 0. The second-order valence-corrected chi connectivity index (χ2v) is 4.25. The first-order valence-electron chi connectivity index (χ1n) is 6.29. The Labute approximate surface area is 103 Å². The molecule has 2 aromatic carbocycles. The van der Waals surface area contributed by atoms with Gasteiger partial charge in [0.25, 0.3) is 0 Å². The van der Waals surface area contributed by atoms with Crippen molar-refractivity contribution in [3.05, 3.63) is 48.9 Å². The summed E-state index contributed by atoms with van der Waals surface area (Å²) < 4.78 is 5.68. The molecule has 2 aromatic rings. The molecule has 0 spiro atoms. The van der Waals surface area contributed by atoms with Crippen molar-refractivity contribution in [2.75, 3.05) is 6.61 Å². The van der Waals surface area contributed by atoms with Gasteiger partial charge in [-0.3, -0.25) is 0 Å². The van der Waals surface area contributed by atoms with Crippen LogP contribution in [0.2, 0.25) is 0 Å². The van der Waals surface area contributed by atoms with E-state index in [1.54, 1.807) is 0 Å². The van der Waals surface area contributed by atoms with Crippen molar-refractivity contribution in [3.63, 3.8) is 0 Å². The topological polar surface area (TPSA) is 9.23 Å². The van der Waals surface area contributed by atoms with Crippen molar-refractivity contribution in [2.24, 2.45) is 0 Å². The number of fused-ring (bicyclic) bond motifs is 1. The van der Waals surface area contributed by atoms with Gasteiger partial charge >= 0.3 is 0 Å². The normalized spacial score (nSPS) is 10.7. The van der Waals surface area contributed by atoms with Gasteiger partial charge in [0.05, 0.1) is 6.61 Å². The van der Waals surface area contributed by atoms with Crippen LogP contribution >= 0.6 is 0 Å². The fraction of sp³-hybridized carbons (Fsp3) is 0.312. The molecule has 0 aliphatic rings. The fourth-order valence-corrected chi connectivity index (χ4v) is 2.03. The standard InChI is InChI=1S/C16H19O/c1-3-6-13-7-5-8-14-9-10-15(12-16(13)14)17-11-4-2/h5,7-10,12H,1,3-4,6,11H2,2H3. The summed E-state index contributed by atoms with van der Waals surface area (Å²) in [4.78, 5) is 0. The lowest BCUT2D eigenvalue weighted by atomic mass is 10.0. The average Bonchev–Trinajstić information content (AvgIpc) is 2.37. The highest BCUT2D eigenvalue weighted by molar-refractivity contribution is 5.87. The number of rotatable bonds is 5. The molecule has 0 N–H and O–H groups in total. The third-order valence-electron chi connectivity index (χ3n) is 2.86. The van der Waals surface area contributed by atoms with Crippen LogP contribution < -0.4 is 4.74 Å². The van der Waals surface area contributed by atoms with Gasteiger partial charge in [-0.1, -0.05) is 38.1 Å². The number of aryl methyl sites for hydroxylation is 1. The lowest BCUT2D eigenvalue weighted by Gasteiger charge is -2.09. The van der Waals surface area contributed by atoms with E-state index in [2.05, 4.69) is 44.2 Å². The minimum absolute atomic E-state index is 0.781. The minimum Gasteiger partial charge on any atom is -0.494 e. The van der Waals surface area contributed by atoms with Crippen LogP contribution in [0.3, 0.4) is 0 Å². The summed E-state index contributed by atoms with van der Waals surface area (Å²) in [6.45, 7) is 6.83. The molecular formula is C16H19O. The molecular weight excluding hydrogens is 208 g/mol. The summed E-state index contributed by atoms with van der Waals surface area (Å²) in [5.74, 6) is 0.968. The maximum absolute atomic E-state index is 5.68. The van der Waals surface area contributed by atoms with E-state index in [9.17, 15) is 0 Å². The highest BCUT2D eigenvalue weighted by atomic mass is 16.5. The van der Waals surface area contributed by atoms with E-state index in [1.807, 2.05) is 6.07 Å². The van der Waals surface area contributed by atoms with Gasteiger partial charge in [-0.2, -0.15) is 0 Å². The SMILES string of the molecule is [CH2]CCc1cccc2ccc(OCCC)cc12. The molecule has 0 atom stereocenters. The first-order chi connectivity index (χ1) is 8.35. The monoisotopic (exact) mass is 227 g/mol. The zero-order valence-electron chi connectivity index (χ0n) is 10.4. The van der Waals surface area contributed by atoms with Gasteiger partial charge in [-0.15, -0.1) is 0 Å². The zero-order chi connectivity index (χ0) is 12.1. The molecule has 0 fully saturated rings. The maximum Gasteiger partial charge on any atom is 0.119 e. The first-order valence-corrected chi connectivity index (χ1v) is 6.29. The second kappa shape index (κ2) is 5.72. The van der Waals surface area contributed by atoms with Crippen LogP contribution in [-0.4, -0.2) is 6.61 Å². The lowest BCUT2D eigenvalue weighted by Crippen LogP contribution is -1.95. The van der Waals surface area contributed by atoms with Crippen molar-refractivity contribution < 1.29 is 4.74 Å². The van der Waals surface area contributed by atoms with E-state index in [-0.39, 0.29) is 0 Å². The molecule has 89 valence electrons. The molecule has 1 nitrogen and oxygen atoms in total. The predicted molar refractivity (Wildman–Crippen MR) is 73.4 cm³/mol. The summed E-state index contributed by atoms with van der Waals surface area (Å²) >= 11 is 0. The van der Waals surface area contributed by atoms with Crippen LogP contribution in [0.5, 0.6) is 5.75 Å². The Hall–Kier alpha value is -1.50. The Balaban J connectivity index is 2.38. The molecule has 1 radical (unpaired) electrons. The molecule has 0 aliphatic heterocycles. The highest BCUT2D eigenvalue weighted by Gasteiger charge is 2.02. The van der Waals surface area contributed by atoms with Crippen LogP contribution in [0.25, 0.3) is 10.8 Å². The van der Waals surface area contributed by atoms with Gasteiger partial charge in [0.15, 0.2) is 0 Å². The van der Waals surface area contributed by atoms with E-state index in [0.717, 1.165) is 31.6 Å². The molecule has 0 heterocycles. The largest absolute Gasteiger partial charge is 0.494 e. The van der Waals surface area contributed by atoms with Gasteiger partial charge < -0.3 is 4.74 Å². The van der Waals surface area contributed by atoms with E-state index >= 15 is 0 Å². The Morgan fingerprint density at radius 3 is 2.82 bits per heavy atom. The summed E-state index contributed by atoms with van der Waals surface area (Å²) in [7, 11) is 0. The fourth-order valence-electron chi connectivity index (χ4n) is 2.03. The third-order valence-corrected chi connectivity index (χ3v) is 2.86. The summed E-state index contributed by atoms with van der Waals surface area (Å²) in [6, 6.07) is 12.8. The molecule has 1 heteroatoms. The first kappa shape index (κ1) is 12.0. The van der Waals surface area contributed by atoms with Crippen molar-refractivity contribution in [1.82, 2.24) is 0 Å². The quantitative estimate of drug-likeness (QED) is 0.735. The van der Waals surface area contributed by atoms with Crippen molar-refractivity contribution >= 4 is 10.8 Å². The average molecular weight is 227 g/mol. The molecule has 0 unspecified atom stereocenters. The van der Waals surface area contributed by atoms with Crippen LogP contribution in [0.4, 0.5) is 0 Å². The molecule has 17 heavy (non-hydrogen) atoms. The van der Waals surface area contributed by atoms with E-state index in [4.69, 9.17) is 4.74 Å². The zero-order valence-corrected chi connectivity index (χ0v) is 10.4. The van der Waals surface area contributed by atoms with Gasteiger partial charge in [-0.25, -0.2) is 0 Å². The van der Waals surface area contributed by atoms with Gasteiger partial charge in [0.2, 0.25) is 0 Å². The van der Waals surface area contributed by atoms with Gasteiger partial charge in [0.1, 0.15) is 5.75 Å². The molecule has 0 amide bonds. The molecule has 0 saturated heterocycles.